The maximum atomic E-state index is 13.3. The van der Waals surface area contributed by atoms with E-state index >= 15 is 0 Å². The summed E-state index contributed by atoms with van der Waals surface area (Å²) in [5.74, 6) is -0.169. The molecule has 3 rings (SSSR count). The number of nitrogens with one attached hydrogen (secondary N) is 1. The van der Waals surface area contributed by atoms with E-state index in [1.807, 2.05) is 19.1 Å². The van der Waals surface area contributed by atoms with Crippen molar-refractivity contribution in [3.05, 3.63) is 77.6 Å². The molecule has 1 N–H and O–H groups in total. The Morgan fingerprint density at radius 1 is 1.19 bits per heavy atom. The predicted molar refractivity (Wildman–Crippen MR) is 102 cm³/mol. The third-order valence-electron chi connectivity index (χ3n) is 5.14. The summed E-state index contributed by atoms with van der Waals surface area (Å²) in [5.41, 5.74) is 3.45. The molecule has 0 radical (unpaired) electrons. The predicted octanol–water partition coefficient (Wildman–Crippen LogP) is 2.54. The van der Waals surface area contributed by atoms with E-state index in [2.05, 4.69) is 30.3 Å². The largest absolute Gasteiger partial charge is 0.336 e. The number of quaternary nitrogens is 1. The molecule has 1 aliphatic heterocycles. The topological polar surface area (TPSA) is 24.8 Å². The van der Waals surface area contributed by atoms with Gasteiger partial charge in [-0.1, -0.05) is 42.5 Å². The van der Waals surface area contributed by atoms with Gasteiger partial charge < -0.3 is 9.80 Å². The van der Waals surface area contributed by atoms with E-state index in [1.165, 1.54) is 28.2 Å². The van der Waals surface area contributed by atoms with Gasteiger partial charge in [-0.15, -0.1) is 0 Å². The Morgan fingerprint density at radius 3 is 2.62 bits per heavy atom. The van der Waals surface area contributed by atoms with Crippen molar-refractivity contribution in [1.29, 1.82) is 0 Å². The number of likely N-dealkylation sites (N-methyl/N-ethyl adjacent to an activating group) is 1. The fourth-order valence-corrected chi connectivity index (χ4v) is 3.55. The molecule has 26 heavy (non-hydrogen) atoms. The molecule has 0 aliphatic carbocycles. The average molecular weight is 353 g/mol. The van der Waals surface area contributed by atoms with Crippen molar-refractivity contribution < 1.29 is 14.1 Å². The summed E-state index contributed by atoms with van der Waals surface area (Å²) in [6.07, 6.45) is 3.23. The van der Waals surface area contributed by atoms with Crippen molar-refractivity contribution in [3.63, 3.8) is 0 Å². The first-order chi connectivity index (χ1) is 12.5. The molecule has 0 aromatic heterocycles. The highest BCUT2D eigenvalue weighted by Crippen LogP contribution is 2.18. The molecule has 0 fully saturated rings. The minimum atomic E-state index is -0.267. The second kappa shape index (κ2) is 8.28. The smallest absolute Gasteiger partial charge is 0.280 e. The Labute approximate surface area is 154 Å². The zero-order valence-corrected chi connectivity index (χ0v) is 15.4. The van der Waals surface area contributed by atoms with Crippen LogP contribution in [0.4, 0.5) is 4.39 Å². The standard InChI is InChI=1S/C22H25FN2O/c1-17(22(26)24(2)16-18-7-6-10-21(23)15-18)25-13-11-20(12-14-25)19-8-4-3-5-9-19/h3-11,15,17H,12-14,16H2,1-2H3/p+1/t17-/m0/s1. The number of nitrogens with zero attached hydrogens (tertiary/aromatic N) is 1. The molecule has 0 saturated heterocycles. The van der Waals surface area contributed by atoms with Crippen LogP contribution in [0.3, 0.4) is 0 Å². The van der Waals surface area contributed by atoms with E-state index in [9.17, 15) is 9.18 Å². The number of halogens is 1. The molecule has 2 aromatic rings. The van der Waals surface area contributed by atoms with Crippen molar-refractivity contribution >= 4 is 11.5 Å². The van der Waals surface area contributed by atoms with Crippen LogP contribution >= 0.6 is 0 Å². The van der Waals surface area contributed by atoms with E-state index in [1.54, 1.807) is 18.0 Å². The Hall–Kier alpha value is -2.46. The number of amides is 1. The molecule has 2 atom stereocenters. The molecule has 1 amide bonds. The van der Waals surface area contributed by atoms with Crippen molar-refractivity contribution in [1.82, 2.24) is 4.90 Å². The fourth-order valence-electron chi connectivity index (χ4n) is 3.55. The highest BCUT2D eigenvalue weighted by molar-refractivity contribution is 5.80. The third kappa shape index (κ3) is 4.38. The first-order valence-corrected chi connectivity index (χ1v) is 9.13. The molecule has 1 heterocycles. The average Bonchev–Trinajstić information content (AvgIpc) is 2.67. The maximum absolute atomic E-state index is 13.3. The van der Waals surface area contributed by atoms with E-state index in [-0.39, 0.29) is 17.8 Å². The minimum absolute atomic E-state index is 0.0980. The van der Waals surface area contributed by atoms with Crippen LogP contribution in [0.2, 0.25) is 0 Å². The fraction of sp³-hybridized carbons (Fsp3) is 0.318. The van der Waals surface area contributed by atoms with Gasteiger partial charge in [-0.3, -0.25) is 4.79 Å². The molecule has 1 aliphatic rings. The van der Waals surface area contributed by atoms with Crippen molar-refractivity contribution in [2.45, 2.75) is 25.9 Å². The SMILES string of the molecule is C[C@@H](C(=O)N(C)Cc1cccc(F)c1)[NH+]1CC=C(c2ccccc2)CC1. The van der Waals surface area contributed by atoms with Crippen LogP contribution in [0.15, 0.2) is 60.7 Å². The van der Waals surface area contributed by atoms with Gasteiger partial charge in [-0.25, -0.2) is 4.39 Å². The molecule has 4 heteroatoms. The lowest BCUT2D eigenvalue weighted by Gasteiger charge is -2.30. The number of rotatable bonds is 5. The molecular formula is C22H26FN2O+. The Bertz CT molecular complexity index is 788. The number of hydrogen-bond acceptors (Lipinski definition) is 1. The summed E-state index contributed by atoms with van der Waals surface area (Å²) in [6.45, 7) is 4.22. The van der Waals surface area contributed by atoms with Gasteiger partial charge in [0.2, 0.25) is 0 Å². The molecule has 2 aromatic carbocycles. The molecule has 0 saturated carbocycles. The maximum Gasteiger partial charge on any atom is 0.280 e. The lowest BCUT2D eigenvalue weighted by Crippen LogP contribution is -3.17. The summed E-state index contributed by atoms with van der Waals surface area (Å²) < 4.78 is 13.3. The summed E-state index contributed by atoms with van der Waals surface area (Å²) in [6, 6.07) is 16.7. The summed E-state index contributed by atoms with van der Waals surface area (Å²) in [5, 5.41) is 0. The first-order valence-electron chi connectivity index (χ1n) is 9.13. The number of benzene rings is 2. The zero-order chi connectivity index (χ0) is 18.5. The Kier molecular flexibility index (Phi) is 5.84. The molecule has 0 spiro atoms. The number of carbonyl (C=O) groups is 1. The molecule has 0 bridgehead atoms. The second-order valence-electron chi connectivity index (χ2n) is 7.00. The van der Waals surface area contributed by atoms with Gasteiger partial charge in [-0.2, -0.15) is 0 Å². The van der Waals surface area contributed by atoms with Crippen molar-refractivity contribution in [3.8, 4) is 0 Å². The van der Waals surface area contributed by atoms with Gasteiger partial charge >= 0.3 is 0 Å². The quantitative estimate of drug-likeness (QED) is 0.878. The van der Waals surface area contributed by atoms with Gasteiger partial charge in [0.15, 0.2) is 6.04 Å². The van der Waals surface area contributed by atoms with Gasteiger partial charge in [0.25, 0.3) is 5.91 Å². The van der Waals surface area contributed by atoms with Gasteiger partial charge in [-0.05, 0) is 41.8 Å². The highest BCUT2D eigenvalue weighted by atomic mass is 19.1. The molecular weight excluding hydrogens is 327 g/mol. The van der Waals surface area contributed by atoms with Crippen molar-refractivity contribution in [2.75, 3.05) is 20.1 Å². The Balaban J connectivity index is 1.59. The van der Waals surface area contributed by atoms with Crippen LogP contribution in [0.5, 0.6) is 0 Å². The van der Waals surface area contributed by atoms with Crippen LogP contribution in [0, 0.1) is 5.82 Å². The monoisotopic (exact) mass is 353 g/mol. The molecule has 136 valence electrons. The molecule has 1 unspecified atom stereocenters. The number of carbonyl (C=O) groups excluding carboxylic acids is 1. The summed E-state index contributed by atoms with van der Waals surface area (Å²) in [4.78, 5) is 15.7. The second-order valence-corrected chi connectivity index (χ2v) is 7.00. The van der Waals surface area contributed by atoms with E-state index in [0.717, 1.165) is 25.1 Å². The highest BCUT2D eigenvalue weighted by Gasteiger charge is 2.29. The summed E-state index contributed by atoms with van der Waals surface area (Å²) in [7, 11) is 1.79. The van der Waals surface area contributed by atoms with Crippen LogP contribution in [-0.4, -0.2) is 37.0 Å². The van der Waals surface area contributed by atoms with Crippen LogP contribution in [0.25, 0.3) is 5.57 Å². The minimum Gasteiger partial charge on any atom is -0.336 e. The van der Waals surface area contributed by atoms with Crippen LogP contribution in [-0.2, 0) is 11.3 Å². The van der Waals surface area contributed by atoms with Crippen LogP contribution < -0.4 is 4.90 Å². The van der Waals surface area contributed by atoms with Crippen LogP contribution in [0.1, 0.15) is 24.5 Å². The normalized spacial score (nSPS) is 18.1. The van der Waals surface area contributed by atoms with Crippen molar-refractivity contribution in [2.24, 2.45) is 0 Å². The summed E-state index contributed by atoms with van der Waals surface area (Å²) >= 11 is 0. The zero-order valence-electron chi connectivity index (χ0n) is 15.4. The molecule has 3 nitrogen and oxygen atoms in total. The van der Waals surface area contributed by atoms with E-state index in [0.29, 0.717) is 6.54 Å². The van der Waals surface area contributed by atoms with Gasteiger partial charge in [0.1, 0.15) is 5.82 Å². The van der Waals surface area contributed by atoms with Gasteiger partial charge in [0, 0.05) is 20.0 Å². The first kappa shape index (κ1) is 18.3. The lowest BCUT2D eigenvalue weighted by atomic mass is 9.99. The van der Waals surface area contributed by atoms with E-state index in [4.69, 9.17) is 0 Å². The number of hydrogen-bond donors (Lipinski definition) is 1. The third-order valence-corrected chi connectivity index (χ3v) is 5.14. The van der Waals surface area contributed by atoms with E-state index < -0.39 is 0 Å². The van der Waals surface area contributed by atoms with Gasteiger partial charge in [0.05, 0.1) is 13.1 Å². The lowest BCUT2D eigenvalue weighted by molar-refractivity contribution is -0.909. The Morgan fingerprint density at radius 2 is 1.96 bits per heavy atom.